The van der Waals surface area contributed by atoms with Crippen molar-refractivity contribution in [3.63, 3.8) is 0 Å². The van der Waals surface area contributed by atoms with E-state index in [1.165, 1.54) is 7.05 Å². The van der Waals surface area contributed by atoms with Crippen molar-refractivity contribution in [1.82, 2.24) is 5.06 Å². The Kier molecular flexibility index (Phi) is 5.80. The fourth-order valence-electron chi connectivity index (χ4n) is 2.23. The van der Waals surface area contributed by atoms with Crippen LogP contribution in [-0.2, 0) is 14.4 Å². The molecule has 0 aliphatic rings. The van der Waals surface area contributed by atoms with Crippen molar-refractivity contribution in [2.24, 2.45) is 0 Å². The first kappa shape index (κ1) is 18.2. The lowest BCUT2D eigenvalue weighted by molar-refractivity contribution is -0.00875. The molecule has 0 aromatic heterocycles. The molecule has 0 atom stereocenters. The zero-order valence-electron chi connectivity index (χ0n) is 14.0. The van der Waals surface area contributed by atoms with Crippen LogP contribution in [0.5, 0.6) is 5.75 Å². The predicted octanol–water partition coefficient (Wildman–Crippen LogP) is 2.98. The number of hydrogen-bond acceptors (Lipinski definition) is 5. The minimum absolute atomic E-state index is 0.112. The molecular weight excluding hydrogens is 330 g/mol. The third-order valence-corrected chi connectivity index (χ3v) is 4.79. The first-order valence-electron chi connectivity index (χ1n) is 7.64. The molecule has 0 heterocycles. The van der Waals surface area contributed by atoms with E-state index in [4.69, 9.17) is 9.02 Å². The largest absolute Gasteiger partial charge is 0.497 e. The Morgan fingerprint density at radius 2 is 1.79 bits per heavy atom. The van der Waals surface area contributed by atoms with Gasteiger partial charge in [-0.3, -0.25) is 4.79 Å². The van der Waals surface area contributed by atoms with Crippen LogP contribution >= 0.6 is 0 Å². The van der Waals surface area contributed by atoms with Crippen LogP contribution < -0.4 is 4.74 Å². The molecule has 0 bridgehead atoms. The van der Waals surface area contributed by atoms with Gasteiger partial charge < -0.3 is 4.74 Å². The van der Waals surface area contributed by atoms with Gasteiger partial charge in [0.1, 0.15) is 5.75 Å². The minimum atomic E-state index is -3.76. The molecule has 0 N–H and O–H groups in total. The summed E-state index contributed by atoms with van der Waals surface area (Å²) in [5, 5.41) is 2.53. The van der Waals surface area contributed by atoms with Crippen molar-refractivity contribution in [1.29, 1.82) is 0 Å². The molecule has 130 valence electrons. The molecule has 2 aromatic carbocycles. The van der Waals surface area contributed by atoms with Crippen molar-refractivity contribution in [3.8, 4) is 5.75 Å². The molecule has 0 aliphatic carbocycles. The van der Waals surface area contributed by atoms with Crippen LogP contribution in [0.2, 0.25) is 0 Å². The highest BCUT2D eigenvalue weighted by atomic mass is 32.2. The van der Waals surface area contributed by atoms with Crippen molar-refractivity contribution >= 4 is 26.8 Å². The van der Waals surface area contributed by atoms with Crippen LogP contribution in [-0.4, -0.2) is 39.3 Å². The van der Waals surface area contributed by atoms with E-state index in [0.717, 1.165) is 28.0 Å². The molecule has 6 nitrogen and oxygen atoms in total. The van der Waals surface area contributed by atoms with Crippen molar-refractivity contribution in [2.45, 2.75) is 19.8 Å². The number of ether oxygens (including phenoxy) is 1. The maximum Gasteiger partial charge on any atom is 0.288 e. The average molecular weight is 351 g/mol. The molecule has 2 rings (SSSR count). The highest BCUT2D eigenvalue weighted by molar-refractivity contribution is 7.86. The number of rotatable bonds is 7. The maximum absolute atomic E-state index is 12.4. The summed E-state index contributed by atoms with van der Waals surface area (Å²) >= 11 is 0. The number of hydroxylamine groups is 2. The molecule has 0 radical (unpaired) electrons. The number of methoxy groups -OCH3 is 1. The number of hydrogen-bond donors (Lipinski definition) is 0. The van der Waals surface area contributed by atoms with Gasteiger partial charge in [0.05, 0.1) is 12.9 Å². The summed E-state index contributed by atoms with van der Waals surface area (Å²) in [7, 11) is -0.876. The molecule has 24 heavy (non-hydrogen) atoms. The van der Waals surface area contributed by atoms with E-state index in [2.05, 4.69) is 0 Å². The fraction of sp³-hybridized carbons (Fsp3) is 0.353. The average Bonchev–Trinajstić information content (AvgIpc) is 2.57. The monoisotopic (exact) mass is 351 g/mol. The third kappa shape index (κ3) is 4.46. The quantitative estimate of drug-likeness (QED) is 0.717. The van der Waals surface area contributed by atoms with Crippen LogP contribution in [0.3, 0.4) is 0 Å². The predicted molar refractivity (Wildman–Crippen MR) is 92.4 cm³/mol. The summed E-state index contributed by atoms with van der Waals surface area (Å²) in [6.07, 6.45) is 1.22. The van der Waals surface area contributed by atoms with E-state index >= 15 is 0 Å². The summed E-state index contributed by atoms with van der Waals surface area (Å²) in [5.41, 5.74) is 0.348. The Labute approximate surface area is 142 Å². The van der Waals surface area contributed by atoms with Crippen LogP contribution in [0.15, 0.2) is 36.4 Å². The second kappa shape index (κ2) is 7.63. The van der Waals surface area contributed by atoms with Gasteiger partial charge in [0, 0.05) is 12.6 Å². The fourth-order valence-corrected chi connectivity index (χ4v) is 3.35. The second-order valence-electron chi connectivity index (χ2n) is 5.42. The Bertz CT molecular complexity index is 832. The number of nitrogens with zero attached hydrogens (tertiary/aromatic N) is 1. The summed E-state index contributed by atoms with van der Waals surface area (Å²) in [5.74, 6) is 0.0929. The van der Waals surface area contributed by atoms with Gasteiger partial charge in [0.15, 0.2) is 0 Å². The van der Waals surface area contributed by atoms with Gasteiger partial charge in [-0.15, -0.1) is 4.28 Å². The molecular formula is C17H21NO5S. The Hall–Kier alpha value is -2.12. The van der Waals surface area contributed by atoms with Gasteiger partial charge in [0.2, 0.25) is 0 Å². The van der Waals surface area contributed by atoms with Gasteiger partial charge in [0.25, 0.3) is 16.0 Å². The standard InChI is InChI=1S/C17H21NO5S/c1-4-5-10-24(20,21)23-18(2)17(19)15-7-6-14-12-16(22-3)9-8-13(14)11-15/h6-9,11-12H,4-5,10H2,1-3H3. The van der Waals surface area contributed by atoms with E-state index in [9.17, 15) is 13.2 Å². The molecule has 0 fully saturated rings. The van der Waals surface area contributed by atoms with Crippen molar-refractivity contribution in [3.05, 3.63) is 42.0 Å². The molecule has 0 saturated heterocycles. The molecule has 2 aromatic rings. The van der Waals surface area contributed by atoms with Crippen LogP contribution in [0.4, 0.5) is 0 Å². The van der Waals surface area contributed by atoms with Gasteiger partial charge in [-0.25, -0.2) is 5.06 Å². The molecule has 0 saturated carbocycles. The van der Waals surface area contributed by atoms with E-state index in [1.807, 2.05) is 19.1 Å². The molecule has 0 unspecified atom stereocenters. The zero-order chi connectivity index (χ0) is 17.7. The first-order valence-corrected chi connectivity index (χ1v) is 9.22. The number of fused-ring (bicyclic) bond motifs is 1. The summed E-state index contributed by atoms with van der Waals surface area (Å²) < 4.78 is 33.6. The number of amides is 1. The highest BCUT2D eigenvalue weighted by Crippen LogP contribution is 2.22. The highest BCUT2D eigenvalue weighted by Gasteiger charge is 2.20. The lowest BCUT2D eigenvalue weighted by Gasteiger charge is -2.16. The van der Waals surface area contributed by atoms with Crippen LogP contribution in [0.1, 0.15) is 30.1 Å². The van der Waals surface area contributed by atoms with Gasteiger partial charge in [-0.1, -0.05) is 25.5 Å². The van der Waals surface area contributed by atoms with E-state index in [1.54, 1.807) is 31.4 Å². The summed E-state index contributed by atoms with van der Waals surface area (Å²) in [6, 6.07) is 10.6. The molecule has 0 aliphatic heterocycles. The number of benzene rings is 2. The first-order chi connectivity index (χ1) is 11.4. The van der Waals surface area contributed by atoms with Gasteiger partial charge in [-0.05, 0) is 41.5 Å². The molecule has 0 spiro atoms. The second-order valence-corrected chi connectivity index (χ2v) is 7.09. The maximum atomic E-state index is 12.4. The molecule has 7 heteroatoms. The van der Waals surface area contributed by atoms with Gasteiger partial charge in [-0.2, -0.15) is 8.42 Å². The van der Waals surface area contributed by atoms with E-state index < -0.39 is 16.0 Å². The number of carbonyl (C=O) groups excluding carboxylic acids is 1. The van der Waals surface area contributed by atoms with Crippen molar-refractivity contribution in [2.75, 3.05) is 19.9 Å². The molecule has 1 amide bonds. The number of unbranched alkanes of at least 4 members (excludes halogenated alkanes) is 1. The Morgan fingerprint density at radius 3 is 2.46 bits per heavy atom. The smallest absolute Gasteiger partial charge is 0.288 e. The lowest BCUT2D eigenvalue weighted by atomic mass is 10.1. The lowest BCUT2D eigenvalue weighted by Crippen LogP contribution is -2.31. The summed E-state index contributed by atoms with van der Waals surface area (Å²) in [6.45, 7) is 1.88. The van der Waals surface area contributed by atoms with E-state index in [0.29, 0.717) is 12.0 Å². The van der Waals surface area contributed by atoms with E-state index in [-0.39, 0.29) is 5.75 Å². The Balaban J connectivity index is 2.18. The van der Waals surface area contributed by atoms with Crippen LogP contribution in [0.25, 0.3) is 10.8 Å². The van der Waals surface area contributed by atoms with Gasteiger partial charge >= 0.3 is 0 Å². The SMILES string of the molecule is CCCCS(=O)(=O)ON(C)C(=O)c1ccc2cc(OC)ccc2c1. The topological polar surface area (TPSA) is 72.9 Å². The minimum Gasteiger partial charge on any atom is -0.497 e. The van der Waals surface area contributed by atoms with Crippen LogP contribution in [0, 0.1) is 0 Å². The Morgan fingerprint density at radius 1 is 1.12 bits per heavy atom. The third-order valence-electron chi connectivity index (χ3n) is 3.55. The van der Waals surface area contributed by atoms with Crippen molar-refractivity contribution < 1.29 is 22.2 Å². The normalized spacial score (nSPS) is 11.5. The summed E-state index contributed by atoms with van der Waals surface area (Å²) in [4.78, 5) is 12.4. The number of carbonyl (C=O) groups is 1. The zero-order valence-corrected chi connectivity index (χ0v) is 14.8.